The van der Waals surface area contributed by atoms with Gasteiger partial charge in [0.25, 0.3) is 0 Å². The second-order valence-electron chi connectivity index (χ2n) is 18.4. The smallest absolute Gasteiger partial charge is 0.346 e. The number of carboxylic acid groups (broad SMARTS) is 1. The number of hydrogen-bond acceptors (Lipinski definition) is 8. The van der Waals surface area contributed by atoms with Crippen LogP contribution in [0.4, 0.5) is 0 Å². The fourth-order valence-electron chi connectivity index (χ4n) is 7.61. The predicted molar refractivity (Wildman–Crippen MR) is 233 cm³/mol. The highest BCUT2D eigenvalue weighted by molar-refractivity contribution is 6.07. The Bertz CT molecular complexity index is 3210. The average molecular weight is 778 g/mol. The van der Waals surface area contributed by atoms with Crippen LogP contribution in [0.2, 0.25) is 0 Å². The molecular formula is C48H43N9O2. The zero-order valence-electron chi connectivity index (χ0n) is 34.5. The van der Waals surface area contributed by atoms with Crippen molar-refractivity contribution in [1.29, 1.82) is 5.26 Å². The van der Waals surface area contributed by atoms with Crippen molar-refractivity contribution < 1.29 is 9.90 Å². The molecule has 292 valence electrons. The van der Waals surface area contributed by atoms with E-state index in [1.165, 1.54) is 6.08 Å². The number of aliphatic carboxylic acids is 1. The molecule has 5 heterocycles. The normalized spacial score (nSPS) is 13.1. The first-order valence-electron chi connectivity index (χ1n) is 19.6. The number of nitriles is 1. The summed E-state index contributed by atoms with van der Waals surface area (Å²) >= 11 is 0. The molecule has 0 unspecified atom stereocenters. The Morgan fingerprint density at radius 1 is 0.525 bits per heavy atom. The third kappa shape index (κ3) is 6.51. The SMILES string of the molecule is CC(C)(C)c1ccc2c(c1)-c1nc-2nc2[nH]c(nc3nc(nc4[nH]c(n1)c1ccc(C(C)(C)C)cc41)-c1cc(C(C)(C)C)ccc1-3)c1cc(/C=C(\C#N)C(=O)O)ccc21. The van der Waals surface area contributed by atoms with Gasteiger partial charge in [-0.2, -0.15) is 5.26 Å². The van der Waals surface area contributed by atoms with Gasteiger partial charge in [0, 0.05) is 43.8 Å². The van der Waals surface area contributed by atoms with Gasteiger partial charge >= 0.3 is 5.97 Å². The lowest BCUT2D eigenvalue weighted by Crippen LogP contribution is -2.10. The van der Waals surface area contributed by atoms with E-state index in [-0.39, 0.29) is 21.8 Å². The minimum atomic E-state index is -1.31. The molecule has 0 aliphatic carbocycles. The van der Waals surface area contributed by atoms with E-state index in [1.807, 2.05) is 12.1 Å². The van der Waals surface area contributed by atoms with Gasteiger partial charge < -0.3 is 15.1 Å². The first kappa shape index (κ1) is 37.5. The molecule has 0 spiro atoms. The zero-order chi connectivity index (χ0) is 41.8. The molecule has 2 aliphatic rings. The second-order valence-corrected chi connectivity index (χ2v) is 18.4. The molecule has 0 saturated carbocycles. The van der Waals surface area contributed by atoms with Gasteiger partial charge in [-0.1, -0.05) is 105 Å². The maximum atomic E-state index is 11.8. The molecule has 11 nitrogen and oxygen atoms in total. The number of nitrogens with zero attached hydrogens (tertiary/aromatic N) is 7. The van der Waals surface area contributed by atoms with Crippen LogP contribution in [-0.4, -0.2) is 50.9 Å². The maximum absolute atomic E-state index is 11.8. The van der Waals surface area contributed by atoms with Crippen molar-refractivity contribution in [3.63, 3.8) is 0 Å². The van der Waals surface area contributed by atoms with Crippen molar-refractivity contribution in [3.05, 3.63) is 101 Å². The van der Waals surface area contributed by atoms with Gasteiger partial charge in [-0.15, -0.1) is 0 Å². The summed E-state index contributed by atoms with van der Waals surface area (Å²) in [4.78, 5) is 49.9. The van der Waals surface area contributed by atoms with Crippen molar-refractivity contribution in [1.82, 2.24) is 39.9 Å². The number of H-pyrrole nitrogens is 2. The molecule has 11 heteroatoms. The van der Waals surface area contributed by atoms with E-state index in [9.17, 15) is 15.2 Å². The molecule has 0 atom stereocenters. The molecule has 8 bridgehead atoms. The summed E-state index contributed by atoms with van der Waals surface area (Å²) in [5, 5.41) is 22.4. The lowest BCUT2D eigenvalue weighted by molar-refractivity contribution is -0.132. The molecular weight excluding hydrogens is 735 g/mol. The predicted octanol–water partition coefficient (Wildman–Crippen LogP) is 10.8. The molecule has 0 amide bonds. The summed E-state index contributed by atoms with van der Waals surface area (Å²) in [7, 11) is 0. The Morgan fingerprint density at radius 2 is 0.915 bits per heavy atom. The molecule has 0 radical (unpaired) electrons. The molecule has 3 N–H and O–H groups in total. The van der Waals surface area contributed by atoms with Crippen LogP contribution in [0, 0.1) is 11.3 Å². The topological polar surface area (TPSA) is 170 Å². The molecule has 3 aromatic heterocycles. The fourth-order valence-corrected chi connectivity index (χ4v) is 7.61. The van der Waals surface area contributed by atoms with Gasteiger partial charge in [0.2, 0.25) is 0 Å². The van der Waals surface area contributed by atoms with Gasteiger partial charge in [0.1, 0.15) is 34.2 Å². The first-order valence-corrected chi connectivity index (χ1v) is 19.6. The van der Waals surface area contributed by atoms with Crippen LogP contribution in [-0.2, 0) is 21.0 Å². The van der Waals surface area contributed by atoms with Crippen LogP contribution in [0.1, 0.15) is 84.6 Å². The number of carboxylic acids is 1. The summed E-state index contributed by atoms with van der Waals surface area (Å²) in [6.07, 6.45) is 1.35. The van der Waals surface area contributed by atoms with Crippen LogP contribution in [0.5, 0.6) is 0 Å². The van der Waals surface area contributed by atoms with Crippen LogP contribution in [0.3, 0.4) is 0 Å². The van der Waals surface area contributed by atoms with Gasteiger partial charge in [0.15, 0.2) is 23.3 Å². The minimum Gasteiger partial charge on any atom is -0.477 e. The highest BCUT2D eigenvalue weighted by atomic mass is 16.4. The average Bonchev–Trinajstić information content (AvgIpc) is 3.90. The Kier molecular flexibility index (Phi) is 8.25. The van der Waals surface area contributed by atoms with Gasteiger partial charge in [-0.05, 0) is 74.9 Å². The van der Waals surface area contributed by atoms with Crippen molar-refractivity contribution in [3.8, 4) is 51.6 Å². The van der Waals surface area contributed by atoms with Crippen molar-refractivity contribution in [2.75, 3.05) is 0 Å². The Morgan fingerprint density at radius 3 is 1.36 bits per heavy atom. The molecule has 7 aromatic rings. The summed E-state index contributed by atoms with van der Waals surface area (Å²) in [5.74, 6) is 0.653. The van der Waals surface area contributed by atoms with Gasteiger partial charge in [0.05, 0.1) is 0 Å². The van der Waals surface area contributed by atoms with Gasteiger partial charge in [-0.3, -0.25) is 0 Å². The zero-order valence-corrected chi connectivity index (χ0v) is 34.5. The Hall–Kier alpha value is -7.06. The quantitative estimate of drug-likeness (QED) is 0.114. The number of aromatic nitrogens is 8. The number of rotatable bonds is 2. The lowest BCUT2D eigenvalue weighted by Gasteiger charge is -2.19. The van der Waals surface area contributed by atoms with Crippen LogP contribution < -0.4 is 0 Å². The second kappa shape index (κ2) is 13.0. The number of aromatic amines is 2. The van der Waals surface area contributed by atoms with Crippen LogP contribution >= 0.6 is 0 Å². The summed E-state index contributed by atoms with van der Waals surface area (Å²) in [6.45, 7) is 19.7. The van der Waals surface area contributed by atoms with E-state index in [0.29, 0.717) is 56.8 Å². The molecule has 0 saturated heterocycles. The molecule has 59 heavy (non-hydrogen) atoms. The number of carbonyl (C=O) groups is 1. The number of hydrogen-bond donors (Lipinski definition) is 3. The number of nitrogens with one attached hydrogen (secondary N) is 2. The number of benzene rings is 4. The van der Waals surface area contributed by atoms with Crippen molar-refractivity contribution in [2.45, 2.75) is 78.6 Å². The summed E-state index contributed by atoms with van der Waals surface area (Å²) in [6, 6.07) is 26.2. The highest BCUT2D eigenvalue weighted by Crippen LogP contribution is 2.40. The lowest BCUT2D eigenvalue weighted by atomic mass is 9.85. The highest BCUT2D eigenvalue weighted by Gasteiger charge is 2.26. The first-order chi connectivity index (χ1) is 27.8. The van der Waals surface area contributed by atoms with Crippen LogP contribution in [0.15, 0.2) is 78.4 Å². The summed E-state index contributed by atoms with van der Waals surface area (Å²) in [5.41, 5.74) is 8.74. The summed E-state index contributed by atoms with van der Waals surface area (Å²) < 4.78 is 0. The standard InChI is InChI=1S/C48H43N9O2/c1-46(2,3)26-11-15-30-34(20-26)42-53-38(30)50-37-29-14-10-24(18-25(23-49)45(58)59)19-33(29)41(51-37)52-39-31-16-12-27(47(4,5)6)21-35(31)43(55-39)57-44-36-22-28(48(7,8)9)13-17-32(36)40(54-42)56-44/h10-22H,1-9H3,(H,58,59)(H2,50,51,52,53,54,55,56,57)/b25-18+. The molecule has 2 aliphatic heterocycles. The van der Waals surface area contributed by atoms with Crippen LogP contribution in [0.25, 0.3) is 95.8 Å². The van der Waals surface area contributed by atoms with E-state index in [1.54, 1.807) is 18.2 Å². The van der Waals surface area contributed by atoms with Crippen molar-refractivity contribution in [2.24, 2.45) is 0 Å². The molecule has 9 rings (SSSR count). The van der Waals surface area contributed by atoms with Gasteiger partial charge in [-0.25, -0.2) is 34.7 Å². The minimum absolute atomic E-state index is 0.117. The maximum Gasteiger partial charge on any atom is 0.346 e. The third-order valence-corrected chi connectivity index (χ3v) is 11.1. The molecule has 4 aromatic carbocycles. The van der Waals surface area contributed by atoms with E-state index < -0.39 is 5.97 Å². The van der Waals surface area contributed by atoms with E-state index >= 15 is 0 Å². The monoisotopic (exact) mass is 777 g/mol. The fraction of sp³-hybridized carbons (Fsp3) is 0.250. The third-order valence-electron chi connectivity index (χ3n) is 11.1. The molecule has 0 fully saturated rings. The Balaban J connectivity index is 1.46. The number of fused-ring (bicyclic) bond motifs is 20. The van der Waals surface area contributed by atoms with Crippen molar-refractivity contribution >= 4 is 56.2 Å². The largest absolute Gasteiger partial charge is 0.477 e. The van der Waals surface area contributed by atoms with E-state index in [4.69, 9.17) is 29.9 Å². The van der Waals surface area contributed by atoms with E-state index in [2.05, 4.69) is 121 Å². The van der Waals surface area contributed by atoms with E-state index in [0.717, 1.165) is 55.1 Å². The Labute approximate surface area is 341 Å².